The number of hydrogen-bond acceptors (Lipinski definition) is 6. The van der Waals surface area contributed by atoms with Gasteiger partial charge in [-0.2, -0.15) is 10.4 Å². The minimum Gasteiger partial charge on any atom is -0.450 e. The van der Waals surface area contributed by atoms with Crippen molar-refractivity contribution in [2.75, 3.05) is 25.0 Å². The van der Waals surface area contributed by atoms with E-state index < -0.39 is 5.91 Å². The molecule has 1 fully saturated rings. The highest BCUT2D eigenvalue weighted by Gasteiger charge is 2.31. The summed E-state index contributed by atoms with van der Waals surface area (Å²) in [4.78, 5) is 25.6. The molecule has 3 N–H and O–H groups in total. The average Bonchev–Trinajstić information content (AvgIpc) is 3.18. The van der Waals surface area contributed by atoms with E-state index in [-0.39, 0.29) is 41.7 Å². The zero-order valence-electron chi connectivity index (χ0n) is 17.3. The van der Waals surface area contributed by atoms with Crippen molar-refractivity contribution in [2.24, 2.45) is 11.7 Å². The van der Waals surface area contributed by atoms with Crippen LogP contribution in [0.5, 0.6) is 0 Å². The second kappa shape index (κ2) is 9.93. The number of nitrogens with one attached hydrogen (secondary N) is 1. The van der Waals surface area contributed by atoms with E-state index in [9.17, 15) is 19.2 Å². The Hall–Kier alpha value is -3.61. The molecule has 0 radical (unpaired) electrons. The summed E-state index contributed by atoms with van der Waals surface area (Å²) in [5, 5.41) is 16.8. The molecule has 0 saturated carbocycles. The molecule has 0 bridgehead atoms. The van der Waals surface area contributed by atoms with E-state index in [2.05, 4.69) is 16.5 Å². The molecule has 164 valence electrons. The van der Waals surface area contributed by atoms with E-state index in [1.54, 1.807) is 16.5 Å². The monoisotopic (exact) mass is 428 g/mol. The minimum absolute atomic E-state index is 0.0876. The van der Waals surface area contributed by atoms with E-state index in [1.807, 2.05) is 0 Å². The van der Waals surface area contributed by atoms with Crippen molar-refractivity contribution in [2.45, 2.75) is 32.2 Å². The molecule has 3 rings (SSSR count). The zero-order valence-corrected chi connectivity index (χ0v) is 17.3. The van der Waals surface area contributed by atoms with Gasteiger partial charge in [-0.25, -0.2) is 9.18 Å². The number of hydrogen-bond donors (Lipinski definition) is 2. The second-order valence-electron chi connectivity index (χ2n) is 7.32. The Balaban J connectivity index is 1.80. The summed E-state index contributed by atoms with van der Waals surface area (Å²) in [6.07, 6.45) is 2.75. The summed E-state index contributed by atoms with van der Waals surface area (Å²) in [5.41, 5.74) is 6.25. The van der Waals surface area contributed by atoms with Gasteiger partial charge in [0, 0.05) is 25.0 Å². The molecule has 1 atom stereocenters. The molecule has 0 spiro atoms. The average molecular weight is 428 g/mol. The van der Waals surface area contributed by atoms with Gasteiger partial charge in [0.2, 0.25) is 0 Å². The fourth-order valence-corrected chi connectivity index (χ4v) is 3.76. The first kappa shape index (κ1) is 22.1. The van der Waals surface area contributed by atoms with Crippen LogP contribution in [0.15, 0.2) is 30.5 Å². The molecular formula is C21H25FN6O3. The number of amides is 2. The summed E-state index contributed by atoms with van der Waals surface area (Å²) in [7, 11) is 0. The van der Waals surface area contributed by atoms with Crippen LogP contribution in [0.2, 0.25) is 0 Å². The van der Waals surface area contributed by atoms with E-state index >= 15 is 0 Å². The molecule has 2 aromatic rings. The van der Waals surface area contributed by atoms with Gasteiger partial charge in [0.25, 0.3) is 5.91 Å². The Kier molecular flexibility index (Phi) is 7.07. The summed E-state index contributed by atoms with van der Waals surface area (Å²) in [6.45, 7) is 3.13. The normalized spacial score (nSPS) is 15.2. The molecular weight excluding hydrogens is 403 g/mol. The molecule has 0 unspecified atom stereocenters. The van der Waals surface area contributed by atoms with Gasteiger partial charge >= 0.3 is 6.09 Å². The Morgan fingerprint density at radius 3 is 2.61 bits per heavy atom. The largest absolute Gasteiger partial charge is 0.450 e. The Bertz CT molecular complexity index is 960. The lowest BCUT2D eigenvalue weighted by molar-refractivity contribution is 0.0839. The molecule has 2 heterocycles. The number of carbonyl (C=O) groups excluding carboxylic acids is 2. The number of aromatic nitrogens is 2. The van der Waals surface area contributed by atoms with E-state index in [0.29, 0.717) is 38.2 Å². The maximum atomic E-state index is 13.2. The quantitative estimate of drug-likeness (QED) is 0.697. The van der Waals surface area contributed by atoms with Crippen molar-refractivity contribution in [1.29, 1.82) is 5.26 Å². The number of carbonyl (C=O) groups is 2. The van der Waals surface area contributed by atoms with Gasteiger partial charge in [0.15, 0.2) is 5.82 Å². The lowest BCUT2D eigenvalue weighted by Crippen LogP contribution is -2.40. The molecule has 2 amide bonds. The van der Waals surface area contributed by atoms with Crippen LogP contribution in [0.1, 0.15) is 42.6 Å². The first-order valence-electron chi connectivity index (χ1n) is 10.1. The summed E-state index contributed by atoms with van der Waals surface area (Å²) in [6, 6.07) is 7.54. The highest BCUT2D eigenvalue weighted by atomic mass is 19.1. The maximum Gasteiger partial charge on any atom is 0.409 e. The molecule has 1 aliphatic rings. The van der Waals surface area contributed by atoms with Crippen LogP contribution < -0.4 is 11.1 Å². The lowest BCUT2D eigenvalue weighted by Gasteiger charge is -2.34. The van der Waals surface area contributed by atoms with Crippen molar-refractivity contribution in [3.8, 4) is 6.07 Å². The third-order valence-corrected chi connectivity index (χ3v) is 5.35. The summed E-state index contributed by atoms with van der Waals surface area (Å²) < 4.78 is 19.8. The predicted octanol–water partition coefficient (Wildman–Crippen LogP) is 3.19. The molecule has 9 nitrogen and oxygen atoms in total. The van der Waals surface area contributed by atoms with Crippen molar-refractivity contribution in [3.05, 3.63) is 41.8 Å². The molecule has 31 heavy (non-hydrogen) atoms. The number of benzene rings is 1. The fourth-order valence-electron chi connectivity index (χ4n) is 3.76. The number of nitrogens with zero attached hydrogens (tertiary/aromatic N) is 4. The second-order valence-corrected chi connectivity index (χ2v) is 7.32. The predicted molar refractivity (Wildman–Crippen MR) is 111 cm³/mol. The molecule has 0 aliphatic carbocycles. The number of rotatable bonds is 7. The van der Waals surface area contributed by atoms with Gasteiger partial charge in [0.05, 0.1) is 25.1 Å². The molecule has 10 heteroatoms. The summed E-state index contributed by atoms with van der Waals surface area (Å²) >= 11 is 0. The number of ether oxygens (including phenoxy) is 1. The number of anilines is 2. The van der Waals surface area contributed by atoms with Gasteiger partial charge in [-0.15, -0.1) is 0 Å². The topological polar surface area (TPSA) is 126 Å². The highest BCUT2D eigenvalue weighted by molar-refractivity contribution is 5.98. The minimum atomic E-state index is -0.663. The molecule has 1 saturated heterocycles. The van der Waals surface area contributed by atoms with Crippen LogP contribution in [0.3, 0.4) is 0 Å². The Morgan fingerprint density at radius 1 is 1.35 bits per heavy atom. The van der Waals surface area contributed by atoms with Gasteiger partial charge in [-0.3, -0.25) is 9.48 Å². The van der Waals surface area contributed by atoms with E-state index in [4.69, 9.17) is 10.5 Å². The number of likely N-dealkylation sites (tertiary alicyclic amines) is 1. The first-order valence-corrected chi connectivity index (χ1v) is 10.1. The highest BCUT2D eigenvalue weighted by Crippen LogP contribution is 2.32. The first-order chi connectivity index (χ1) is 14.9. The van der Waals surface area contributed by atoms with Crippen LogP contribution in [0.25, 0.3) is 0 Å². The maximum absolute atomic E-state index is 13.2. The summed E-state index contributed by atoms with van der Waals surface area (Å²) in [5.74, 6) is -0.714. The van der Waals surface area contributed by atoms with Crippen LogP contribution in [0.4, 0.5) is 20.7 Å². The van der Waals surface area contributed by atoms with Crippen molar-refractivity contribution in [3.63, 3.8) is 0 Å². The van der Waals surface area contributed by atoms with Gasteiger partial charge < -0.3 is 20.7 Å². The molecule has 1 aromatic carbocycles. The van der Waals surface area contributed by atoms with Crippen LogP contribution in [-0.2, 0) is 4.74 Å². The fraction of sp³-hybridized carbons (Fsp3) is 0.429. The third kappa shape index (κ3) is 5.31. The molecule has 1 aliphatic heterocycles. The van der Waals surface area contributed by atoms with Crippen LogP contribution in [-0.4, -0.2) is 46.4 Å². The van der Waals surface area contributed by atoms with Crippen molar-refractivity contribution < 1.29 is 18.7 Å². The van der Waals surface area contributed by atoms with E-state index in [1.165, 1.54) is 30.5 Å². The van der Waals surface area contributed by atoms with Crippen molar-refractivity contribution in [1.82, 2.24) is 14.7 Å². The number of halogens is 1. The van der Waals surface area contributed by atoms with Gasteiger partial charge in [0.1, 0.15) is 11.4 Å². The van der Waals surface area contributed by atoms with Gasteiger partial charge in [-0.1, -0.05) is 0 Å². The number of nitriles is 1. The Labute approximate surface area is 179 Å². The third-order valence-electron chi connectivity index (χ3n) is 5.35. The SMILES string of the molecule is CCOC(=O)N1CCC([C@@H](CC#N)n2cc(C(N)=O)c(Nc3ccc(F)cc3)n2)CC1. The standard InChI is InChI=1S/C21H25FN6O3/c1-2-31-21(30)27-11-8-14(9-12-27)18(7-10-23)28-13-17(19(24)29)20(26-28)25-16-5-3-15(22)4-6-16/h3-6,13-14,18H,2,7-9,11-12H2,1H3,(H2,24,29)(H,25,26)/t18-/m1/s1. The van der Waals surface area contributed by atoms with Crippen molar-refractivity contribution >= 4 is 23.5 Å². The van der Waals surface area contributed by atoms with Crippen LogP contribution in [0, 0.1) is 23.1 Å². The smallest absolute Gasteiger partial charge is 0.409 e. The van der Waals surface area contributed by atoms with Crippen LogP contribution >= 0.6 is 0 Å². The lowest BCUT2D eigenvalue weighted by atomic mass is 9.88. The number of nitrogens with two attached hydrogens (primary N) is 1. The van der Waals surface area contributed by atoms with Gasteiger partial charge in [-0.05, 0) is 49.9 Å². The number of primary amides is 1. The number of piperidine rings is 1. The zero-order chi connectivity index (χ0) is 22.4. The molecule has 1 aromatic heterocycles. The Morgan fingerprint density at radius 2 is 2.03 bits per heavy atom. The van der Waals surface area contributed by atoms with E-state index in [0.717, 1.165) is 0 Å².